The number of ether oxygens (including phenoxy) is 1. The Bertz CT molecular complexity index is 505. The van der Waals surface area contributed by atoms with Gasteiger partial charge in [0.25, 0.3) is 10.0 Å². The average Bonchev–Trinajstić information content (AvgIpc) is 2.72. The van der Waals surface area contributed by atoms with Crippen LogP contribution in [-0.4, -0.2) is 49.5 Å². The smallest absolute Gasteiger partial charge is 0.256 e. The topological polar surface area (TPSA) is 76.5 Å². The van der Waals surface area contributed by atoms with Gasteiger partial charge in [0.15, 0.2) is 0 Å². The lowest BCUT2D eigenvalue weighted by atomic mass is 10.5. The normalized spacial score (nSPS) is 18.1. The Hall–Kier alpha value is -0.960. The fraction of sp³-hybridized carbons (Fsp3) is 0.700. The van der Waals surface area contributed by atoms with Crippen molar-refractivity contribution in [2.24, 2.45) is 0 Å². The van der Waals surface area contributed by atoms with Gasteiger partial charge in [-0.2, -0.15) is 5.10 Å². The second-order valence-corrected chi connectivity index (χ2v) is 5.76. The molecule has 0 aromatic carbocycles. The number of rotatable bonds is 4. The number of hydrogen-bond donors (Lipinski definition) is 1. The first-order valence-corrected chi connectivity index (χ1v) is 7.40. The molecule has 0 atom stereocenters. The van der Waals surface area contributed by atoms with Crippen LogP contribution in [0.25, 0.3) is 0 Å². The average molecular weight is 274 g/mol. The summed E-state index contributed by atoms with van der Waals surface area (Å²) in [5.74, 6) is 0. The predicted octanol–water partition coefficient (Wildman–Crippen LogP) is -0.263. The summed E-state index contributed by atoms with van der Waals surface area (Å²) in [5.41, 5.74) is 0.512. The third kappa shape index (κ3) is 2.89. The van der Waals surface area contributed by atoms with Crippen LogP contribution in [-0.2, 0) is 21.3 Å². The van der Waals surface area contributed by atoms with Crippen LogP contribution < -0.4 is 4.83 Å². The molecule has 7 nitrogen and oxygen atoms in total. The summed E-state index contributed by atoms with van der Waals surface area (Å²) < 4.78 is 31.2. The van der Waals surface area contributed by atoms with E-state index in [1.807, 2.05) is 6.92 Å². The Morgan fingerprint density at radius 1 is 1.44 bits per heavy atom. The zero-order valence-corrected chi connectivity index (χ0v) is 11.4. The van der Waals surface area contributed by atoms with Crippen LogP contribution in [0.2, 0.25) is 0 Å². The third-order valence-corrected chi connectivity index (χ3v) is 4.25. The molecule has 0 amide bonds. The summed E-state index contributed by atoms with van der Waals surface area (Å²) >= 11 is 0. The van der Waals surface area contributed by atoms with E-state index in [0.29, 0.717) is 38.5 Å². The van der Waals surface area contributed by atoms with Gasteiger partial charge >= 0.3 is 0 Å². The number of hydrazine groups is 1. The SMILES string of the molecule is CCn1cc(S(=O)(=O)NN2CCOCC2)c(C)n1. The Balaban J connectivity index is 2.16. The van der Waals surface area contributed by atoms with E-state index >= 15 is 0 Å². The quantitative estimate of drug-likeness (QED) is 0.818. The molecule has 1 saturated heterocycles. The molecule has 0 bridgehead atoms. The van der Waals surface area contributed by atoms with Gasteiger partial charge in [-0.1, -0.05) is 0 Å². The summed E-state index contributed by atoms with van der Waals surface area (Å²) in [6.45, 7) is 6.44. The minimum atomic E-state index is -3.54. The molecule has 1 N–H and O–H groups in total. The molecule has 0 saturated carbocycles. The number of aromatic nitrogens is 2. The van der Waals surface area contributed by atoms with E-state index in [0.717, 1.165) is 0 Å². The van der Waals surface area contributed by atoms with Gasteiger partial charge in [-0.15, -0.1) is 4.83 Å². The Labute approximate surface area is 107 Å². The van der Waals surface area contributed by atoms with Crippen molar-refractivity contribution in [2.75, 3.05) is 26.3 Å². The molecular weight excluding hydrogens is 256 g/mol. The van der Waals surface area contributed by atoms with E-state index < -0.39 is 10.0 Å². The summed E-state index contributed by atoms with van der Waals surface area (Å²) in [6.07, 6.45) is 1.55. The molecule has 102 valence electrons. The molecule has 2 rings (SSSR count). The Morgan fingerprint density at radius 3 is 2.67 bits per heavy atom. The molecule has 1 fully saturated rings. The van der Waals surface area contributed by atoms with Crippen molar-refractivity contribution in [1.82, 2.24) is 19.6 Å². The highest BCUT2D eigenvalue weighted by Gasteiger charge is 2.23. The standard InChI is InChI=1S/C10H18N4O3S/c1-3-13-8-10(9(2)11-13)18(15,16)12-14-4-6-17-7-5-14/h8,12H,3-7H2,1-2H3. The molecule has 1 aromatic rings. The number of sulfonamides is 1. The van der Waals surface area contributed by atoms with Gasteiger partial charge in [0.1, 0.15) is 4.90 Å². The largest absolute Gasteiger partial charge is 0.379 e. The highest BCUT2D eigenvalue weighted by molar-refractivity contribution is 7.89. The van der Waals surface area contributed by atoms with Crippen molar-refractivity contribution in [1.29, 1.82) is 0 Å². The van der Waals surface area contributed by atoms with Crippen LogP contribution in [0.4, 0.5) is 0 Å². The Kier molecular flexibility index (Phi) is 4.00. The van der Waals surface area contributed by atoms with Gasteiger partial charge in [-0.25, -0.2) is 13.4 Å². The summed E-state index contributed by atoms with van der Waals surface area (Å²) in [6, 6.07) is 0. The van der Waals surface area contributed by atoms with E-state index in [2.05, 4.69) is 9.93 Å². The maximum Gasteiger partial charge on any atom is 0.256 e. The van der Waals surface area contributed by atoms with Crippen LogP contribution in [0.15, 0.2) is 11.1 Å². The van der Waals surface area contributed by atoms with Crippen molar-refractivity contribution in [2.45, 2.75) is 25.3 Å². The third-order valence-electron chi connectivity index (χ3n) is 2.78. The molecule has 0 spiro atoms. The molecule has 2 heterocycles. The molecule has 1 aliphatic heterocycles. The zero-order valence-electron chi connectivity index (χ0n) is 10.6. The van der Waals surface area contributed by atoms with E-state index in [4.69, 9.17) is 4.74 Å². The van der Waals surface area contributed by atoms with Gasteiger partial charge in [-0.3, -0.25) is 4.68 Å². The van der Waals surface area contributed by atoms with E-state index in [1.165, 1.54) is 0 Å². The number of aryl methyl sites for hydroxylation is 2. The second kappa shape index (κ2) is 5.35. The highest BCUT2D eigenvalue weighted by atomic mass is 32.2. The molecule has 1 aromatic heterocycles. The van der Waals surface area contributed by atoms with Gasteiger partial charge < -0.3 is 4.74 Å². The van der Waals surface area contributed by atoms with Crippen molar-refractivity contribution in [3.8, 4) is 0 Å². The van der Waals surface area contributed by atoms with Crippen LogP contribution in [0.1, 0.15) is 12.6 Å². The molecule has 0 radical (unpaired) electrons. The predicted molar refractivity (Wildman–Crippen MR) is 65.4 cm³/mol. The molecule has 1 aliphatic rings. The van der Waals surface area contributed by atoms with E-state index in [1.54, 1.807) is 22.8 Å². The lowest BCUT2D eigenvalue weighted by Crippen LogP contribution is -2.48. The van der Waals surface area contributed by atoms with E-state index in [9.17, 15) is 8.42 Å². The molecule has 8 heteroatoms. The van der Waals surface area contributed by atoms with Gasteiger partial charge in [0, 0.05) is 25.8 Å². The van der Waals surface area contributed by atoms with Gasteiger partial charge in [0.05, 0.1) is 18.9 Å². The van der Waals surface area contributed by atoms with Crippen molar-refractivity contribution < 1.29 is 13.2 Å². The number of nitrogens with zero attached hydrogens (tertiary/aromatic N) is 3. The number of hydrogen-bond acceptors (Lipinski definition) is 5. The van der Waals surface area contributed by atoms with Crippen LogP contribution >= 0.6 is 0 Å². The fourth-order valence-electron chi connectivity index (χ4n) is 1.80. The second-order valence-electron chi connectivity index (χ2n) is 4.13. The molecule has 0 unspecified atom stereocenters. The zero-order chi connectivity index (χ0) is 13.2. The van der Waals surface area contributed by atoms with E-state index in [-0.39, 0.29) is 4.90 Å². The number of morpholine rings is 1. The van der Waals surface area contributed by atoms with Gasteiger partial charge in [-0.05, 0) is 13.8 Å². The first-order valence-electron chi connectivity index (χ1n) is 5.92. The lowest BCUT2D eigenvalue weighted by molar-refractivity contribution is 0.0272. The maximum atomic E-state index is 12.2. The molecule has 0 aliphatic carbocycles. The molecule has 18 heavy (non-hydrogen) atoms. The van der Waals surface area contributed by atoms with Crippen molar-refractivity contribution in [3.05, 3.63) is 11.9 Å². The minimum Gasteiger partial charge on any atom is -0.379 e. The van der Waals surface area contributed by atoms with Crippen LogP contribution in [0, 0.1) is 6.92 Å². The number of nitrogens with one attached hydrogen (secondary N) is 1. The fourth-order valence-corrected chi connectivity index (χ4v) is 3.11. The maximum absolute atomic E-state index is 12.2. The van der Waals surface area contributed by atoms with Crippen LogP contribution in [0.5, 0.6) is 0 Å². The van der Waals surface area contributed by atoms with Gasteiger partial charge in [0.2, 0.25) is 0 Å². The first-order chi connectivity index (χ1) is 8.53. The lowest BCUT2D eigenvalue weighted by Gasteiger charge is -2.26. The van der Waals surface area contributed by atoms with Crippen molar-refractivity contribution >= 4 is 10.0 Å². The molecular formula is C10H18N4O3S. The highest BCUT2D eigenvalue weighted by Crippen LogP contribution is 2.13. The minimum absolute atomic E-state index is 0.232. The Morgan fingerprint density at radius 2 is 2.11 bits per heavy atom. The first kappa shape index (κ1) is 13.5. The van der Waals surface area contributed by atoms with Crippen LogP contribution in [0.3, 0.4) is 0 Å². The monoisotopic (exact) mass is 274 g/mol. The summed E-state index contributed by atoms with van der Waals surface area (Å²) in [4.78, 5) is 2.79. The summed E-state index contributed by atoms with van der Waals surface area (Å²) in [5, 5.41) is 5.80. The van der Waals surface area contributed by atoms with Crippen molar-refractivity contribution in [3.63, 3.8) is 0 Å². The summed E-state index contributed by atoms with van der Waals surface area (Å²) in [7, 11) is -3.54.